The summed E-state index contributed by atoms with van der Waals surface area (Å²) in [4.78, 5) is 25.4. The molecule has 0 aromatic heterocycles. The molecule has 5 rings (SSSR count). The Hall–Kier alpha value is -1.21. The standard InChI is InChI=1S/C29H37IO4/c1-17-14-25-23-9-8-20-16-22(34-26(32)19-6-5-7-21(30)15-19)10-12-27(20,3)24(23)11-13-28(25,4)29(17,33)18(2)31/h5-7,11,15,17,20,22-23,25,33H,8-10,12-14,16H2,1-4H3/t17-,20+,22-,23?,25?,27+,28+,29+/m1/s1. The van der Waals surface area contributed by atoms with Crippen LogP contribution in [-0.4, -0.2) is 28.6 Å². The maximum atomic E-state index is 12.8. The van der Waals surface area contributed by atoms with Gasteiger partial charge in [0.1, 0.15) is 11.7 Å². The van der Waals surface area contributed by atoms with E-state index in [1.54, 1.807) is 12.5 Å². The van der Waals surface area contributed by atoms with E-state index in [9.17, 15) is 14.7 Å². The maximum absolute atomic E-state index is 12.8. The van der Waals surface area contributed by atoms with Crippen LogP contribution in [0.2, 0.25) is 0 Å². The van der Waals surface area contributed by atoms with Gasteiger partial charge in [-0.1, -0.05) is 38.5 Å². The Kier molecular flexibility index (Phi) is 6.07. The molecule has 1 aromatic carbocycles. The van der Waals surface area contributed by atoms with Gasteiger partial charge in [0.25, 0.3) is 0 Å². The van der Waals surface area contributed by atoms with E-state index in [1.165, 1.54) is 0 Å². The Bertz CT molecular complexity index is 1050. The third-order valence-electron chi connectivity index (χ3n) is 10.4. The molecule has 3 saturated carbocycles. The molecule has 34 heavy (non-hydrogen) atoms. The van der Waals surface area contributed by atoms with E-state index >= 15 is 0 Å². The van der Waals surface area contributed by atoms with Crippen molar-refractivity contribution in [2.45, 2.75) is 84.3 Å². The van der Waals surface area contributed by atoms with E-state index in [2.05, 4.69) is 49.4 Å². The molecule has 0 heterocycles. The van der Waals surface area contributed by atoms with Crippen LogP contribution in [0.25, 0.3) is 0 Å². The van der Waals surface area contributed by atoms with Gasteiger partial charge in [-0.15, -0.1) is 0 Å². The van der Waals surface area contributed by atoms with E-state index < -0.39 is 5.60 Å². The zero-order valence-electron chi connectivity index (χ0n) is 20.8. The lowest BCUT2D eigenvalue weighted by atomic mass is 9.48. The molecule has 0 amide bonds. The molecular formula is C29H37IO4. The van der Waals surface area contributed by atoms with Crippen LogP contribution in [0.1, 0.15) is 83.0 Å². The first-order valence-electron chi connectivity index (χ1n) is 12.9. The Labute approximate surface area is 217 Å². The fourth-order valence-electron chi connectivity index (χ4n) is 8.52. The number of esters is 1. The van der Waals surface area contributed by atoms with Gasteiger partial charge in [0, 0.05) is 8.99 Å². The largest absolute Gasteiger partial charge is 0.459 e. The Morgan fingerprint density at radius 1 is 1.15 bits per heavy atom. The van der Waals surface area contributed by atoms with Crippen molar-refractivity contribution >= 4 is 34.3 Å². The Morgan fingerprint density at radius 3 is 2.62 bits per heavy atom. The summed E-state index contributed by atoms with van der Waals surface area (Å²) in [5, 5.41) is 11.6. The van der Waals surface area contributed by atoms with E-state index in [-0.39, 0.29) is 34.6 Å². The van der Waals surface area contributed by atoms with Crippen molar-refractivity contribution < 1.29 is 19.4 Å². The van der Waals surface area contributed by atoms with Gasteiger partial charge < -0.3 is 9.84 Å². The average Bonchev–Trinajstić information content (AvgIpc) is 3.01. The number of hydrogen-bond donors (Lipinski definition) is 1. The topological polar surface area (TPSA) is 63.6 Å². The lowest BCUT2D eigenvalue weighted by Crippen LogP contribution is -2.56. The van der Waals surface area contributed by atoms with Gasteiger partial charge in [-0.2, -0.15) is 0 Å². The summed E-state index contributed by atoms with van der Waals surface area (Å²) >= 11 is 2.22. The second-order valence-electron chi connectivity index (χ2n) is 12.0. The summed E-state index contributed by atoms with van der Waals surface area (Å²) in [6.45, 7) is 8.21. The second-order valence-corrected chi connectivity index (χ2v) is 13.2. The molecule has 0 radical (unpaired) electrons. The molecule has 4 nitrogen and oxygen atoms in total. The van der Waals surface area contributed by atoms with E-state index in [0.29, 0.717) is 23.3 Å². The lowest BCUT2D eigenvalue weighted by Gasteiger charge is -2.57. The minimum Gasteiger partial charge on any atom is -0.459 e. The van der Waals surface area contributed by atoms with Crippen molar-refractivity contribution in [2.24, 2.45) is 34.5 Å². The van der Waals surface area contributed by atoms with E-state index in [4.69, 9.17) is 4.74 Å². The number of ketones is 1. The van der Waals surface area contributed by atoms with Crippen molar-refractivity contribution in [2.75, 3.05) is 0 Å². The highest BCUT2D eigenvalue weighted by atomic mass is 127. The van der Waals surface area contributed by atoms with Crippen LogP contribution >= 0.6 is 22.6 Å². The molecule has 0 aliphatic heterocycles. The molecule has 2 unspecified atom stereocenters. The predicted molar refractivity (Wildman–Crippen MR) is 140 cm³/mol. The number of allylic oxidation sites excluding steroid dienone is 2. The highest BCUT2D eigenvalue weighted by molar-refractivity contribution is 14.1. The molecule has 184 valence electrons. The predicted octanol–water partition coefficient (Wildman–Crippen LogP) is 6.35. The van der Waals surface area contributed by atoms with Crippen molar-refractivity contribution in [1.29, 1.82) is 0 Å². The molecule has 4 aliphatic rings. The summed E-state index contributed by atoms with van der Waals surface area (Å²) in [6.07, 6.45) is 9.14. The van der Waals surface area contributed by atoms with Gasteiger partial charge in [0.05, 0.1) is 5.56 Å². The zero-order chi connectivity index (χ0) is 24.5. The molecular weight excluding hydrogens is 539 g/mol. The summed E-state index contributed by atoms with van der Waals surface area (Å²) in [5.74, 6) is 1.02. The van der Waals surface area contributed by atoms with Crippen LogP contribution in [0.5, 0.6) is 0 Å². The number of fused-ring (bicyclic) bond motifs is 5. The first-order chi connectivity index (χ1) is 16.0. The van der Waals surface area contributed by atoms with Crippen LogP contribution in [0.4, 0.5) is 0 Å². The fraction of sp³-hybridized carbons (Fsp3) is 0.655. The SMILES string of the molecule is CC(=O)[C@@]1(O)[C@H](C)CC2C3CC[C@H]4C[C@H](OC(=O)c5cccc(I)c5)CC[C@]4(C)C3=CC[C@@]21C. The number of halogens is 1. The highest BCUT2D eigenvalue weighted by Crippen LogP contribution is 2.67. The van der Waals surface area contributed by atoms with Gasteiger partial charge in [0.2, 0.25) is 0 Å². The molecule has 5 heteroatoms. The number of hydrogen-bond acceptors (Lipinski definition) is 4. The van der Waals surface area contributed by atoms with Gasteiger partial charge >= 0.3 is 5.97 Å². The number of carbonyl (C=O) groups is 2. The summed E-state index contributed by atoms with van der Waals surface area (Å²) in [6, 6.07) is 7.60. The molecule has 4 aliphatic carbocycles. The maximum Gasteiger partial charge on any atom is 0.338 e. The molecule has 3 fully saturated rings. The second kappa shape index (κ2) is 8.43. The number of benzene rings is 1. The highest BCUT2D eigenvalue weighted by Gasteiger charge is 2.66. The number of rotatable bonds is 3. The van der Waals surface area contributed by atoms with Crippen LogP contribution in [-0.2, 0) is 9.53 Å². The molecule has 0 spiro atoms. The van der Waals surface area contributed by atoms with Gasteiger partial charge in [-0.25, -0.2) is 4.79 Å². The molecule has 0 saturated heterocycles. The molecule has 0 bridgehead atoms. The first kappa shape index (κ1) is 24.5. The van der Waals surface area contributed by atoms with E-state index in [0.717, 1.165) is 48.5 Å². The van der Waals surface area contributed by atoms with E-state index in [1.807, 2.05) is 24.3 Å². The monoisotopic (exact) mass is 576 g/mol. The summed E-state index contributed by atoms with van der Waals surface area (Å²) < 4.78 is 7.02. The van der Waals surface area contributed by atoms with Crippen LogP contribution in [0, 0.1) is 38.1 Å². The summed E-state index contributed by atoms with van der Waals surface area (Å²) in [5.41, 5.74) is 0.712. The number of aliphatic hydroxyl groups is 1. The molecule has 1 aromatic rings. The fourth-order valence-corrected chi connectivity index (χ4v) is 9.07. The molecule has 1 N–H and O–H groups in total. The molecule has 8 atom stereocenters. The lowest BCUT2D eigenvalue weighted by molar-refractivity contribution is -0.156. The van der Waals surface area contributed by atoms with Gasteiger partial charge in [0.15, 0.2) is 5.78 Å². The zero-order valence-corrected chi connectivity index (χ0v) is 22.9. The quantitative estimate of drug-likeness (QED) is 0.259. The number of carbonyl (C=O) groups excluding carboxylic acids is 2. The van der Waals surface area contributed by atoms with Crippen LogP contribution in [0.3, 0.4) is 0 Å². The number of ether oxygens (including phenoxy) is 1. The van der Waals surface area contributed by atoms with Crippen molar-refractivity contribution in [1.82, 2.24) is 0 Å². The minimum absolute atomic E-state index is 0.00512. The van der Waals surface area contributed by atoms with Crippen LogP contribution in [0.15, 0.2) is 35.9 Å². The van der Waals surface area contributed by atoms with Gasteiger partial charge in [-0.05, 0) is 122 Å². The third kappa shape index (κ3) is 3.47. The third-order valence-corrected chi connectivity index (χ3v) is 11.1. The first-order valence-corrected chi connectivity index (χ1v) is 14.0. The smallest absolute Gasteiger partial charge is 0.338 e. The average molecular weight is 577 g/mol. The van der Waals surface area contributed by atoms with Crippen LogP contribution < -0.4 is 0 Å². The van der Waals surface area contributed by atoms with Crippen molar-refractivity contribution in [3.8, 4) is 0 Å². The summed E-state index contributed by atoms with van der Waals surface area (Å²) in [7, 11) is 0. The minimum atomic E-state index is -1.22. The van der Waals surface area contributed by atoms with Crippen molar-refractivity contribution in [3.05, 3.63) is 45.0 Å². The Balaban J connectivity index is 1.35. The Morgan fingerprint density at radius 2 is 1.91 bits per heavy atom. The van der Waals surface area contributed by atoms with Gasteiger partial charge in [-0.3, -0.25) is 4.79 Å². The van der Waals surface area contributed by atoms with Crippen molar-refractivity contribution in [3.63, 3.8) is 0 Å². The number of Topliss-reactive ketones (excluding diaryl/α,β-unsaturated/α-hetero) is 1. The normalized spacial score (nSPS) is 43.2.